The summed E-state index contributed by atoms with van der Waals surface area (Å²) >= 11 is 0. The predicted molar refractivity (Wildman–Crippen MR) is 128 cm³/mol. The van der Waals surface area contributed by atoms with Crippen LogP contribution in [0.3, 0.4) is 0 Å². The van der Waals surface area contributed by atoms with E-state index in [4.69, 9.17) is 0 Å². The van der Waals surface area contributed by atoms with Crippen LogP contribution in [0.4, 0.5) is 4.79 Å². The number of nitrogens with zero attached hydrogens (tertiary/aromatic N) is 1. The molecule has 4 aromatic rings. The molecule has 2 heterocycles. The van der Waals surface area contributed by atoms with Gasteiger partial charge in [-0.2, -0.15) is 0 Å². The Morgan fingerprint density at radius 3 is 2.50 bits per heavy atom. The number of hydrogen-bond acceptors (Lipinski definition) is 2. The summed E-state index contributed by atoms with van der Waals surface area (Å²) < 4.78 is 2.02. The zero-order chi connectivity index (χ0) is 22.7. The van der Waals surface area contributed by atoms with E-state index >= 15 is 0 Å². The van der Waals surface area contributed by atoms with Crippen LogP contribution in [0.15, 0.2) is 42.7 Å². The molecule has 0 aliphatic rings. The fraction of sp³-hybridized carbons (Fsp3) is 0.320. The number of pyridine rings is 1. The van der Waals surface area contributed by atoms with Gasteiger partial charge in [-0.1, -0.05) is 18.2 Å². The SMILES string of the molecule is CNC(=O)NCCCCCNC(=O)c1c2cc[n+](C)cc2c(C)c2c1[nH]c1ccccc12. The standard InChI is InChI=1S/C25H29N5O2/c1-16-19-15-30(3)14-11-17(19)22(23-21(16)18-9-5-6-10-20(18)29-23)24(31)27-12-7-4-8-13-28-25(32)26-2/h5-6,9-11,14-15H,4,7-8,12-13H2,1-3H3,(H3,26,27,28,31,32)/p+1. The average molecular weight is 433 g/mol. The normalized spacial score (nSPS) is 11.2. The van der Waals surface area contributed by atoms with E-state index in [0.717, 1.165) is 51.8 Å². The summed E-state index contributed by atoms with van der Waals surface area (Å²) in [4.78, 5) is 28.0. The number of carbonyl (C=O) groups excluding carboxylic acids is 2. The van der Waals surface area contributed by atoms with Crippen LogP contribution >= 0.6 is 0 Å². The van der Waals surface area contributed by atoms with Crippen LogP contribution in [0.25, 0.3) is 32.6 Å². The number of aromatic nitrogens is 2. The largest absolute Gasteiger partial charge is 0.354 e. The van der Waals surface area contributed by atoms with Crippen molar-refractivity contribution in [2.45, 2.75) is 26.2 Å². The van der Waals surface area contributed by atoms with Gasteiger partial charge in [0.25, 0.3) is 5.91 Å². The average Bonchev–Trinajstić information content (AvgIpc) is 3.18. The number of para-hydroxylation sites is 1. The first kappa shape index (κ1) is 21.6. The quantitative estimate of drug-likeness (QED) is 0.266. The van der Waals surface area contributed by atoms with Crippen molar-refractivity contribution in [2.24, 2.45) is 7.05 Å². The van der Waals surface area contributed by atoms with Crippen molar-refractivity contribution in [3.63, 3.8) is 0 Å². The molecule has 2 aromatic carbocycles. The minimum atomic E-state index is -0.166. The van der Waals surface area contributed by atoms with E-state index in [-0.39, 0.29) is 11.9 Å². The maximum absolute atomic E-state index is 13.4. The summed E-state index contributed by atoms with van der Waals surface area (Å²) in [6.45, 7) is 3.35. The number of aryl methyl sites for hydroxylation is 2. The number of benzene rings is 2. The van der Waals surface area contributed by atoms with Crippen LogP contribution < -0.4 is 20.5 Å². The van der Waals surface area contributed by atoms with Crippen LogP contribution in [0.2, 0.25) is 0 Å². The van der Waals surface area contributed by atoms with Gasteiger partial charge in [-0.3, -0.25) is 4.79 Å². The Hall–Kier alpha value is -3.61. The summed E-state index contributed by atoms with van der Waals surface area (Å²) in [7, 11) is 3.60. The Balaban J connectivity index is 1.60. The molecule has 2 aromatic heterocycles. The molecule has 0 aliphatic heterocycles. The second-order valence-electron chi connectivity index (χ2n) is 8.18. The Labute approximate surface area is 187 Å². The number of hydrogen-bond donors (Lipinski definition) is 4. The lowest BCUT2D eigenvalue weighted by molar-refractivity contribution is -0.670. The van der Waals surface area contributed by atoms with Crippen LogP contribution in [0.5, 0.6) is 0 Å². The van der Waals surface area contributed by atoms with Crippen LogP contribution in [-0.2, 0) is 7.05 Å². The predicted octanol–water partition coefficient (Wildman–Crippen LogP) is 3.44. The van der Waals surface area contributed by atoms with Gasteiger partial charge in [0.05, 0.1) is 16.5 Å². The van der Waals surface area contributed by atoms with Crippen LogP contribution in [-0.4, -0.2) is 37.1 Å². The molecule has 166 valence electrons. The van der Waals surface area contributed by atoms with Gasteiger partial charge < -0.3 is 20.9 Å². The van der Waals surface area contributed by atoms with Gasteiger partial charge >= 0.3 is 6.03 Å². The molecule has 7 nitrogen and oxygen atoms in total. The van der Waals surface area contributed by atoms with Crippen LogP contribution in [0.1, 0.15) is 35.2 Å². The van der Waals surface area contributed by atoms with E-state index in [9.17, 15) is 9.59 Å². The van der Waals surface area contributed by atoms with E-state index in [2.05, 4.69) is 40.1 Å². The number of urea groups is 1. The lowest BCUT2D eigenvalue weighted by Gasteiger charge is -2.12. The molecule has 0 saturated carbocycles. The molecule has 0 aliphatic carbocycles. The van der Waals surface area contributed by atoms with Crippen molar-refractivity contribution in [1.29, 1.82) is 0 Å². The summed E-state index contributed by atoms with van der Waals surface area (Å²) in [5, 5.41) is 12.7. The Morgan fingerprint density at radius 1 is 0.969 bits per heavy atom. The maximum Gasteiger partial charge on any atom is 0.314 e. The third kappa shape index (κ3) is 4.10. The Morgan fingerprint density at radius 2 is 1.72 bits per heavy atom. The Kier molecular flexibility index (Phi) is 6.25. The third-order valence-corrected chi connectivity index (χ3v) is 5.98. The topological polar surface area (TPSA) is 89.9 Å². The van der Waals surface area contributed by atoms with E-state index in [1.54, 1.807) is 7.05 Å². The second kappa shape index (κ2) is 9.26. The Bertz CT molecular complexity index is 1310. The second-order valence-corrected chi connectivity index (χ2v) is 8.18. The molecular weight excluding hydrogens is 402 g/mol. The summed E-state index contributed by atoms with van der Waals surface area (Å²) in [5.41, 5.74) is 3.78. The molecule has 4 N–H and O–H groups in total. The van der Waals surface area contributed by atoms with Gasteiger partial charge in [0.15, 0.2) is 12.4 Å². The van der Waals surface area contributed by atoms with Gasteiger partial charge in [0, 0.05) is 47.9 Å². The molecule has 7 heteroatoms. The molecular formula is C25H30N5O2+. The highest BCUT2D eigenvalue weighted by molar-refractivity contribution is 6.24. The zero-order valence-corrected chi connectivity index (χ0v) is 18.8. The number of fused-ring (bicyclic) bond motifs is 4. The fourth-order valence-electron chi connectivity index (χ4n) is 4.35. The lowest BCUT2D eigenvalue weighted by atomic mass is 9.95. The zero-order valence-electron chi connectivity index (χ0n) is 18.8. The number of carbonyl (C=O) groups is 2. The monoisotopic (exact) mass is 432 g/mol. The first-order chi connectivity index (χ1) is 15.5. The molecule has 0 radical (unpaired) electrons. The van der Waals surface area contributed by atoms with Crippen molar-refractivity contribution in [1.82, 2.24) is 20.9 Å². The molecule has 0 unspecified atom stereocenters. The fourth-order valence-corrected chi connectivity index (χ4v) is 4.35. The van der Waals surface area contributed by atoms with E-state index in [0.29, 0.717) is 18.7 Å². The van der Waals surface area contributed by atoms with Crippen molar-refractivity contribution in [2.75, 3.05) is 20.1 Å². The van der Waals surface area contributed by atoms with E-state index < -0.39 is 0 Å². The number of nitrogens with one attached hydrogen (secondary N) is 4. The smallest absolute Gasteiger partial charge is 0.314 e. The molecule has 0 spiro atoms. The van der Waals surface area contributed by atoms with Gasteiger partial charge in [-0.15, -0.1) is 0 Å². The summed E-state index contributed by atoms with van der Waals surface area (Å²) in [5.74, 6) is -0.0658. The number of aromatic amines is 1. The van der Waals surface area contributed by atoms with Crippen molar-refractivity contribution in [3.05, 3.63) is 53.9 Å². The highest BCUT2D eigenvalue weighted by Gasteiger charge is 2.22. The highest BCUT2D eigenvalue weighted by Crippen LogP contribution is 2.36. The summed E-state index contributed by atoms with van der Waals surface area (Å²) in [6, 6.07) is 10.0. The molecule has 0 atom stereocenters. The molecule has 0 saturated heterocycles. The van der Waals surface area contributed by atoms with Gasteiger partial charge in [0.2, 0.25) is 0 Å². The van der Waals surface area contributed by atoms with Crippen molar-refractivity contribution < 1.29 is 14.2 Å². The number of unbranched alkanes of at least 4 members (excludes halogenated alkanes) is 2. The van der Waals surface area contributed by atoms with Gasteiger partial charge in [-0.05, 0) is 37.8 Å². The minimum absolute atomic E-state index is 0.0658. The highest BCUT2D eigenvalue weighted by atomic mass is 16.2. The number of H-pyrrole nitrogens is 1. The molecule has 0 fully saturated rings. The van der Waals surface area contributed by atoms with E-state index in [1.165, 1.54) is 5.56 Å². The lowest BCUT2D eigenvalue weighted by Crippen LogP contribution is -2.33. The van der Waals surface area contributed by atoms with Crippen molar-refractivity contribution >= 4 is 44.5 Å². The summed E-state index contributed by atoms with van der Waals surface area (Å²) in [6.07, 6.45) is 6.72. The number of amides is 3. The van der Waals surface area contributed by atoms with Gasteiger partial charge in [0.1, 0.15) is 7.05 Å². The number of rotatable bonds is 7. The first-order valence-corrected chi connectivity index (χ1v) is 11.1. The third-order valence-electron chi connectivity index (χ3n) is 5.98. The van der Waals surface area contributed by atoms with Gasteiger partial charge in [-0.25, -0.2) is 9.36 Å². The molecule has 3 amide bonds. The van der Waals surface area contributed by atoms with Crippen LogP contribution in [0, 0.1) is 6.92 Å². The maximum atomic E-state index is 13.4. The van der Waals surface area contributed by atoms with Crippen molar-refractivity contribution in [3.8, 4) is 0 Å². The first-order valence-electron chi connectivity index (χ1n) is 11.1. The van der Waals surface area contributed by atoms with E-state index in [1.807, 2.05) is 42.1 Å². The molecule has 0 bridgehead atoms. The molecule has 4 rings (SSSR count). The minimum Gasteiger partial charge on any atom is -0.354 e. The molecule has 32 heavy (non-hydrogen) atoms.